The van der Waals surface area contributed by atoms with Crippen molar-refractivity contribution >= 4 is 0 Å². The summed E-state index contributed by atoms with van der Waals surface area (Å²) >= 11 is 0. The molecule has 1 N–H and O–H groups in total. The Labute approximate surface area is 110 Å². The van der Waals surface area contributed by atoms with Gasteiger partial charge in [0.15, 0.2) is 0 Å². The summed E-state index contributed by atoms with van der Waals surface area (Å²) in [6.07, 6.45) is 1.03. The number of phenolic OH excluding ortho intramolecular Hbond substituents is 1. The van der Waals surface area contributed by atoms with Gasteiger partial charge in [0.1, 0.15) is 5.75 Å². The molecule has 1 heterocycles. The van der Waals surface area contributed by atoms with Crippen LogP contribution >= 0.6 is 0 Å². The fourth-order valence-corrected chi connectivity index (χ4v) is 3.02. The van der Waals surface area contributed by atoms with Crippen LogP contribution in [0.4, 0.5) is 0 Å². The first kappa shape index (κ1) is 13.4. The Morgan fingerprint density at radius 3 is 2.67 bits per heavy atom. The molecule has 2 rings (SSSR count). The van der Waals surface area contributed by atoms with Gasteiger partial charge in [-0.15, -0.1) is 0 Å². The molecule has 1 fully saturated rings. The van der Waals surface area contributed by atoms with E-state index in [4.69, 9.17) is 0 Å². The number of benzene rings is 1. The number of piperazine rings is 1. The van der Waals surface area contributed by atoms with Crippen LogP contribution in [-0.4, -0.2) is 47.6 Å². The van der Waals surface area contributed by atoms with Crippen molar-refractivity contribution in [3.8, 4) is 5.75 Å². The van der Waals surface area contributed by atoms with E-state index in [1.54, 1.807) is 6.07 Å². The van der Waals surface area contributed by atoms with Gasteiger partial charge in [0.05, 0.1) is 0 Å². The minimum absolute atomic E-state index is 0.329. The van der Waals surface area contributed by atoms with Gasteiger partial charge in [-0.2, -0.15) is 0 Å². The highest BCUT2D eigenvalue weighted by atomic mass is 16.3. The van der Waals surface area contributed by atoms with Crippen LogP contribution in [0.5, 0.6) is 5.75 Å². The van der Waals surface area contributed by atoms with Gasteiger partial charge in [-0.3, -0.25) is 4.90 Å². The first-order chi connectivity index (χ1) is 8.63. The summed E-state index contributed by atoms with van der Waals surface area (Å²) in [6.45, 7) is 7.75. The zero-order valence-corrected chi connectivity index (χ0v) is 11.6. The maximum absolute atomic E-state index is 10.0. The number of para-hydroxylation sites is 1. The van der Waals surface area contributed by atoms with Crippen LogP contribution in [0, 0.1) is 0 Å². The monoisotopic (exact) mass is 248 g/mol. The molecule has 1 aliphatic heterocycles. The van der Waals surface area contributed by atoms with Gasteiger partial charge in [0, 0.05) is 37.3 Å². The van der Waals surface area contributed by atoms with Crippen LogP contribution in [0.3, 0.4) is 0 Å². The van der Waals surface area contributed by atoms with Gasteiger partial charge in [-0.1, -0.05) is 25.1 Å². The molecular weight excluding hydrogens is 224 g/mol. The Morgan fingerprint density at radius 2 is 2.06 bits per heavy atom. The molecular formula is C15H24N2O. The van der Waals surface area contributed by atoms with Crippen molar-refractivity contribution in [2.75, 3.05) is 26.7 Å². The van der Waals surface area contributed by atoms with E-state index in [1.165, 1.54) is 0 Å². The van der Waals surface area contributed by atoms with Gasteiger partial charge in [0.25, 0.3) is 0 Å². The van der Waals surface area contributed by atoms with Crippen molar-refractivity contribution in [2.24, 2.45) is 0 Å². The fraction of sp³-hybridized carbons (Fsp3) is 0.600. The zero-order chi connectivity index (χ0) is 13.1. The lowest BCUT2D eigenvalue weighted by molar-refractivity contribution is 0.0579. The SMILES string of the molecule is CCC(c1ccccc1O)N1CCN(C)CC1C. The summed E-state index contributed by atoms with van der Waals surface area (Å²) < 4.78 is 0. The number of rotatable bonds is 3. The smallest absolute Gasteiger partial charge is 0.120 e. The topological polar surface area (TPSA) is 26.7 Å². The second-order valence-electron chi connectivity index (χ2n) is 5.33. The van der Waals surface area contributed by atoms with Gasteiger partial charge in [0.2, 0.25) is 0 Å². The maximum Gasteiger partial charge on any atom is 0.120 e. The van der Waals surface area contributed by atoms with Crippen LogP contribution in [0.25, 0.3) is 0 Å². The summed E-state index contributed by atoms with van der Waals surface area (Å²) in [5, 5.41) is 10.0. The lowest BCUT2D eigenvalue weighted by Crippen LogP contribution is -2.51. The molecule has 2 unspecified atom stereocenters. The molecule has 3 heteroatoms. The normalized spacial score (nSPS) is 24.1. The fourth-order valence-electron chi connectivity index (χ4n) is 3.02. The van der Waals surface area contributed by atoms with Gasteiger partial charge < -0.3 is 10.0 Å². The molecule has 0 aromatic heterocycles. The van der Waals surface area contributed by atoms with E-state index in [9.17, 15) is 5.11 Å². The average molecular weight is 248 g/mol. The quantitative estimate of drug-likeness (QED) is 0.890. The Morgan fingerprint density at radius 1 is 1.33 bits per heavy atom. The predicted molar refractivity (Wildman–Crippen MR) is 74.8 cm³/mol. The number of nitrogens with zero attached hydrogens (tertiary/aromatic N) is 2. The van der Waals surface area contributed by atoms with Crippen LogP contribution in [-0.2, 0) is 0 Å². The van der Waals surface area contributed by atoms with Crippen LogP contribution in [0.2, 0.25) is 0 Å². The second kappa shape index (κ2) is 5.72. The molecule has 3 nitrogen and oxygen atoms in total. The molecule has 0 amide bonds. The Hall–Kier alpha value is -1.06. The van der Waals surface area contributed by atoms with E-state index in [0.29, 0.717) is 17.8 Å². The average Bonchev–Trinajstić information content (AvgIpc) is 2.34. The van der Waals surface area contributed by atoms with E-state index in [0.717, 1.165) is 31.6 Å². The third kappa shape index (κ3) is 2.68. The van der Waals surface area contributed by atoms with Gasteiger partial charge >= 0.3 is 0 Å². The van der Waals surface area contributed by atoms with E-state index in [-0.39, 0.29) is 0 Å². The Balaban J connectivity index is 2.21. The van der Waals surface area contributed by atoms with E-state index in [1.807, 2.05) is 12.1 Å². The highest BCUT2D eigenvalue weighted by Gasteiger charge is 2.29. The van der Waals surface area contributed by atoms with Gasteiger partial charge in [-0.05, 0) is 26.5 Å². The van der Waals surface area contributed by atoms with Crippen LogP contribution in [0.1, 0.15) is 31.9 Å². The van der Waals surface area contributed by atoms with E-state index < -0.39 is 0 Å². The third-order valence-corrected chi connectivity index (χ3v) is 3.96. The van der Waals surface area contributed by atoms with Crippen molar-refractivity contribution in [3.63, 3.8) is 0 Å². The highest BCUT2D eigenvalue weighted by Crippen LogP contribution is 2.33. The molecule has 0 spiro atoms. The number of likely N-dealkylation sites (N-methyl/N-ethyl adjacent to an activating group) is 1. The van der Waals surface area contributed by atoms with E-state index in [2.05, 4.69) is 36.8 Å². The molecule has 1 aromatic carbocycles. The Kier molecular flexibility index (Phi) is 4.25. The number of hydrogen-bond acceptors (Lipinski definition) is 3. The summed E-state index contributed by atoms with van der Waals surface area (Å²) in [6, 6.07) is 8.60. The van der Waals surface area contributed by atoms with E-state index >= 15 is 0 Å². The molecule has 2 atom stereocenters. The maximum atomic E-state index is 10.0. The standard InChI is InChI=1S/C15H24N2O/c1-4-14(13-7-5-6-8-15(13)18)17-10-9-16(3)11-12(17)2/h5-8,12,14,18H,4,9-11H2,1-3H3. The molecule has 18 heavy (non-hydrogen) atoms. The third-order valence-electron chi connectivity index (χ3n) is 3.96. The first-order valence-corrected chi connectivity index (χ1v) is 6.85. The lowest BCUT2D eigenvalue weighted by atomic mass is 9.99. The van der Waals surface area contributed by atoms with Crippen molar-refractivity contribution in [1.29, 1.82) is 0 Å². The largest absolute Gasteiger partial charge is 0.508 e. The summed E-state index contributed by atoms with van der Waals surface area (Å²) in [5.74, 6) is 0.426. The summed E-state index contributed by atoms with van der Waals surface area (Å²) in [5.41, 5.74) is 1.07. The summed E-state index contributed by atoms with van der Waals surface area (Å²) in [7, 11) is 2.18. The molecule has 0 bridgehead atoms. The Bertz CT molecular complexity index is 394. The molecule has 1 saturated heterocycles. The zero-order valence-electron chi connectivity index (χ0n) is 11.6. The highest BCUT2D eigenvalue weighted by molar-refractivity contribution is 5.34. The number of aromatic hydroxyl groups is 1. The van der Waals surface area contributed by atoms with Crippen molar-refractivity contribution in [1.82, 2.24) is 9.80 Å². The summed E-state index contributed by atoms with van der Waals surface area (Å²) in [4.78, 5) is 4.90. The molecule has 0 radical (unpaired) electrons. The molecule has 0 aliphatic carbocycles. The van der Waals surface area contributed by atoms with Crippen molar-refractivity contribution in [3.05, 3.63) is 29.8 Å². The van der Waals surface area contributed by atoms with Crippen LogP contribution < -0.4 is 0 Å². The molecule has 1 aromatic rings. The van der Waals surface area contributed by atoms with Crippen LogP contribution in [0.15, 0.2) is 24.3 Å². The number of hydrogen-bond donors (Lipinski definition) is 1. The predicted octanol–water partition coefficient (Wildman–Crippen LogP) is 2.48. The molecule has 0 saturated carbocycles. The minimum Gasteiger partial charge on any atom is -0.508 e. The molecule has 100 valence electrons. The first-order valence-electron chi connectivity index (χ1n) is 6.85. The second-order valence-corrected chi connectivity index (χ2v) is 5.33. The van der Waals surface area contributed by atoms with Crippen molar-refractivity contribution in [2.45, 2.75) is 32.4 Å². The van der Waals surface area contributed by atoms with Gasteiger partial charge in [-0.25, -0.2) is 0 Å². The van der Waals surface area contributed by atoms with Crippen molar-refractivity contribution < 1.29 is 5.11 Å². The minimum atomic E-state index is 0.329. The number of phenols is 1. The lowest BCUT2D eigenvalue weighted by Gasteiger charge is -2.43. The molecule has 1 aliphatic rings.